The molecule has 0 radical (unpaired) electrons. The van der Waals surface area contributed by atoms with Crippen LogP contribution in [-0.2, 0) is 4.79 Å². The number of carbonyl (C=O) groups excluding carboxylic acids is 2. The molecule has 0 unspecified atom stereocenters. The highest BCUT2D eigenvalue weighted by atomic mass is 16.5. The lowest BCUT2D eigenvalue weighted by Crippen LogP contribution is -2.52. The maximum absolute atomic E-state index is 11.9. The van der Waals surface area contributed by atoms with Crippen LogP contribution in [0.5, 0.6) is 5.75 Å². The molecule has 0 spiro atoms. The quantitative estimate of drug-likeness (QED) is 0.190. The number of rotatable bonds is 10. The van der Waals surface area contributed by atoms with Crippen molar-refractivity contribution in [1.82, 2.24) is 19.8 Å². The van der Waals surface area contributed by atoms with Gasteiger partial charge in [-0.2, -0.15) is 4.98 Å². The van der Waals surface area contributed by atoms with Crippen LogP contribution in [0.3, 0.4) is 0 Å². The number of carbonyl (C=O) groups is 2. The number of piperazine rings is 1. The average Bonchev–Trinajstić information content (AvgIpc) is 3.09. The first-order valence-corrected chi connectivity index (χ1v) is 16.1. The van der Waals surface area contributed by atoms with Crippen molar-refractivity contribution < 1.29 is 14.3 Å². The molecule has 2 aliphatic rings. The number of hydrogen-bond acceptors (Lipinski definition) is 10. The molecule has 3 N–H and O–H groups in total. The highest BCUT2D eigenvalue weighted by Crippen LogP contribution is 2.35. The molecule has 47 heavy (non-hydrogen) atoms. The van der Waals surface area contributed by atoms with Crippen LogP contribution in [0, 0.1) is 0 Å². The molecule has 2 fully saturated rings. The molecule has 6 rings (SSSR count). The molecule has 244 valence electrons. The maximum Gasteiger partial charge on any atom is 0.229 e. The van der Waals surface area contributed by atoms with Gasteiger partial charge in [-0.25, -0.2) is 4.98 Å². The fraction of sp³-hybridized carbons (Fsp3) is 0.333. The van der Waals surface area contributed by atoms with Crippen LogP contribution in [0.2, 0.25) is 0 Å². The van der Waals surface area contributed by atoms with Gasteiger partial charge in [0.1, 0.15) is 11.6 Å². The lowest BCUT2D eigenvalue weighted by Gasteiger charge is -2.42. The molecule has 11 nitrogen and oxygen atoms in total. The van der Waals surface area contributed by atoms with Gasteiger partial charge in [-0.05, 0) is 61.9 Å². The standard InChI is InChI=1S/C36H42N8O3/c1-25(46)38-32-11-9-26(21-27(32)24-45)31-23-37-36(41-35(31)39-28-7-5-4-6-8-28)40-33-12-10-30(22-34(33)47-3)43-15-13-29(14-16-43)44-19-17-42(2)18-20-44/h4-12,21-24,29H,13-20H2,1-3H3,(H,38,46)(H2,37,39,40,41). The van der Waals surface area contributed by atoms with E-state index in [4.69, 9.17) is 9.72 Å². The number of aromatic nitrogens is 2. The number of benzene rings is 3. The van der Waals surface area contributed by atoms with Gasteiger partial charge in [0.15, 0.2) is 6.29 Å². The minimum absolute atomic E-state index is 0.250. The molecule has 4 aromatic rings. The third kappa shape index (κ3) is 7.70. The fourth-order valence-corrected chi connectivity index (χ4v) is 6.31. The number of nitrogens with zero attached hydrogens (tertiary/aromatic N) is 5. The SMILES string of the molecule is COc1cc(N2CCC(N3CCN(C)CC3)CC2)ccc1Nc1ncc(-c2ccc(NC(C)=O)c(C=O)c2)c(Nc2ccccc2)n1. The Kier molecular flexibility index (Phi) is 9.94. The summed E-state index contributed by atoms with van der Waals surface area (Å²) in [5, 5.41) is 9.44. The van der Waals surface area contributed by atoms with E-state index in [0.29, 0.717) is 40.4 Å². The number of aldehydes is 1. The Morgan fingerprint density at radius 1 is 0.915 bits per heavy atom. The molecule has 3 heterocycles. The summed E-state index contributed by atoms with van der Waals surface area (Å²) in [5.41, 5.74) is 4.97. The molecule has 3 aromatic carbocycles. The molecule has 0 bridgehead atoms. The minimum Gasteiger partial charge on any atom is -0.494 e. The van der Waals surface area contributed by atoms with Gasteiger partial charge in [-0.15, -0.1) is 0 Å². The smallest absolute Gasteiger partial charge is 0.229 e. The van der Waals surface area contributed by atoms with Crippen molar-refractivity contribution in [2.45, 2.75) is 25.8 Å². The zero-order valence-corrected chi connectivity index (χ0v) is 27.2. The van der Waals surface area contributed by atoms with Gasteiger partial charge in [-0.3, -0.25) is 14.5 Å². The van der Waals surface area contributed by atoms with Gasteiger partial charge in [0, 0.05) is 87.0 Å². The van der Waals surface area contributed by atoms with E-state index in [9.17, 15) is 9.59 Å². The number of nitrogens with one attached hydrogen (secondary N) is 3. The summed E-state index contributed by atoms with van der Waals surface area (Å²) in [7, 11) is 3.88. The van der Waals surface area contributed by atoms with Gasteiger partial charge in [0.05, 0.1) is 18.5 Å². The van der Waals surface area contributed by atoms with Crippen LogP contribution in [0.25, 0.3) is 11.1 Å². The molecular formula is C36H42N8O3. The zero-order chi connectivity index (χ0) is 32.8. The van der Waals surface area contributed by atoms with E-state index in [0.717, 1.165) is 81.0 Å². The van der Waals surface area contributed by atoms with Crippen molar-refractivity contribution >= 4 is 46.7 Å². The molecule has 11 heteroatoms. The monoisotopic (exact) mass is 634 g/mol. The van der Waals surface area contributed by atoms with E-state index < -0.39 is 0 Å². The molecular weight excluding hydrogens is 592 g/mol. The largest absolute Gasteiger partial charge is 0.494 e. The molecule has 0 atom stereocenters. The van der Waals surface area contributed by atoms with E-state index in [-0.39, 0.29) is 5.91 Å². The Morgan fingerprint density at radius 2 is 1.66 bits per heavy atom. The van der Waals surface area contributed by atoms with E-state index in [2.05, 4.69) is 54.8 Å². The second-order valence-electron chi connectivity index (χ2n) is 12.1. The van der Waals surface area contributed by atoms with E-state index in [1.165, 1.54) is 6.92 Å². The molecule has 1 amide bonds. The van der Waals surface area contributed by atoms with Crippen LogP contribution in [0.1, 0.15) is 30.1 Å². The lowest BCUT2D eigenvalue weighted by atomic mass is 10.0. The highest BCUT2D eigenvalue weighted by Gasteiger charge is 2.27. The minimum atomic E-state index is -0.250. The van der Waals surface area contributed by atoms with Crippen molar-refractivity contribution in [3.63, 3.8) is 0 Å². The van der Waals surface area contributed by atoms with Crippen LogP contribution in [-0.4, -0.2) is 91.4 Å². The fourth-order valence-electron chi connectivity index (χ4n) is 6.31. The third-order valence-corrected chi connectivity index (χ3v) is 8.94. The molecule has 2 aliphatic heterocycles. The summed E-state index contributed by atoms with van der Waals surface area (Å²) in [6, 6.07) is 21.8. The number of anilines is 6. The summed E-state index contributed by atoms with van der Waals surface area (Å²) in [6.07, 6.45) is 4.76. The van der Waals surface area contributed by atoms with Gasteiger partial charge < -0.3 is 30.5 Å². The van der Waals surface area contributed by atoms with Gasteiger partial charge in [0.2, 0.25) is 11.9 Å². The topological polar surface area (TPSA) is 115 Å². The van der Waals surface area contributed by atoms with Crippen molar-refractivity contribution in [2.24, 2.45) is 0 Å². The zero-order valence-electron chi connectivity index (χ0n) is 27.2. The molecule has 0 aliphatic carbocycles. The highest BCUT2D eigenvalue weighted by molar-refractivity contribution is 5.97. The Labute approximate surface area is 276 Å². The second kappa shape index (κ2) is 14.6. The normalized spacial score (nSPS) is 16.0. The molecule has 0 saturated carbocycles. The van der Waals surface area contributed by atoms with E-state index in [1.807, 2.05) is 42.5 Å². The summed E-state index contributed by atoms with van der Waals surface area (Å²) >= 11 is 0. The van der Waals surface area contributed by atoms with Crippen LogP contribution in [0.4, 0.5) is 34.5 Å². The lowest BCUT2D eigenvalue weighted by molar-refractivity contribution is -0.114. The summed E-state index contributed by atoms with van der Waals surface area (Å²) < 4.78 is 5.82. The van der Waals surface area contributed by atoms with Crippen molar-refractivity contribution in [1.29, 1.82) is 0 Å². The number of methoxy groups -OCH3 is 1. The Hall–Kier alpha value is -5.00. The number of piperidine rings is 1. The first-order valence-electron chi connectivity index (χ1n) is 16.1. The van der Waals surface area contributed by atoms with Gasteiger partial charge in [0.25, 0.3) is 0 Å². The Balaban J connectivity index is 1.22. The summed E-state index contributed by atoms with van der Waals surface area (Å²) in [5.74, 6) is 1.40. The number of hydrogen-bond donors (Lipinski definition) is 3. The van der Waals surface area contributed by atoms with Crippen molar-refractivity contribution in [2.75, 3.05) is 74.3 Å². The van der Waals surface area contributed by atoms with Crippen LogP contribution in [0.15, 0.2) is 72.9 Å². The molecule has 2 saturated heterocycles. The third-order valence-electron chi connectivity index (χ3n) is 8.94. The number of likely N-dealkylation sites (N-methyl/N-ethyl adjacent to an activating group) is 1. The number of amides is 1. The summed E-state index contributed by atoms with van der Waals surface area (Å²) in [4.78, 5) is 40.5. The first kappa shape index (κ1) is 32.0. The predicted molar refractivity (Wildman–Crippen MR) is 187 cm³/mol. The van der Waals surface area contributed by atoms with E-state index in [1.54, 1.807) is 25.4 Å². The summed E-state index contributed by atoms with van der Waals surface area (Å²) in [6.45, 7) is 8.06. The van der Waals surface area contributed by atoms with E-state index >= 15 is 0 Å². The second-order valence-corrected chi connectivity index (χ2v) is 12.1. The average molecular weight is 635 g/mol. The Morgan fingerprint density at radius 3 is 2.36 bits per heavy atom. The predicted octanol–water partition coefficient (Wildman–Crippen LogP) is 5.63. The Bertz CT molecular complexity index is 1700. The maximum atomic E-state index is 11.9. The van der Waals surface area contributed by atoms with Gasteiger partial charge >= 0.3 is 0 Å². The molecule has 1 aromatic heterocycles. The number of para-hydroxylation sites is 1. The van der Waals surface area contributed by atoms with Crippen molar-refractivity contribution in [3.05, 3.63) is 78.5 Å². The number of ether oxygens (including phenoxy) is 1. The first-order chi connectivity index (χ1) is 22.9. The van der Waals surface area contributed by atoms with Crippen molar-refractivity contribution in [3.8, 4) is 16.9 Å². The van der Waals surface area contributed by atoms with Crippen LogP contribution >= 0.6 is 0 Å². The van der Waals surface area contributed by atoms with Gasteiger partial charge in [-0.1, -0.05) is 24.3 Å². The van der Waals surface area contributed by atoms with Crippen LogP contribution < -0.4 is 25.6 Å².